The number of rotatable bonds is 5. The molecule has 0 N–H and O–H groups in total. The monoisotopic (exact) mass is 460 g/mol. The van der Waals surface area contributed by atoms with Crippen LogP contribution in [0, 0.1) is 0 Å². The van der Waals surface area contributed by atoms with Crippen LogP contribution in [0.5, 0.6) is 5.75 Å². The van der Waals surface area contributed by atoms with Gasteiger partial charge in [-0.15, -0.1) is 11.3 Å². The Morgan fingerprint density at radius 2 is 1.89 bits per heavy atom. The summed E-state index contributed by atoms with van der Waals surface area (Å²) >= 11 is 5.27. The average Bonchev–Trinajstić information content (AvgIpc) is 3.35. The fourth-order valence-electron chi connectivity index (χ4n) is 3.28. The van der Waals surface area contributed by atoms with E-state index >= 15 is 0 Å². The van der Waals surface area contributed by atoms with Gasteiger partial charge < -0.3 is 9.64 Å². The largest absolute Gasteiger partial charge is 0.493 e. The van der Waals surface area contributed by atoms with Crippen molar-refractivity contribution in [1.29, 1.82) is 0 Å². The molecule has 3 aromatic rings. The summed E-state index contributed by atoms with van der Waals surface area (Å²) in [5.41, 5.74) is 1.26. The first-order valence-electron chi connectivity index (χ1n) is 9.09. The third kappa shape index (κ3) is 4.14. The quantitative estimate of drug-likeness (QED) is 0.582. The van der Waals surface area contributed by atoms with Gasteiger partial charge in [0.15, 0.2) is 11.4 Å². The number of para-hydroxylation sites is 1. The first-order chi connectivity index (χ1) is 13.6. The number of hydrogen-bond donors (Lipinski definition) is 0. The number of ether oxygens (including phenoxy) is 1. The second-order valence-corrected chi connectivity index (χ2v) is 9.15. The van der Waals surface area contributed by atoms with Crippen molar-refractivity contribution in [1.82, 2.24) is 19.6 Å². The van der Waals surface area contributed by atoms with E-state index in [0.717, 1.165) is 29.1 Å². The Balaban J connectivity index is 1.43. The molecule has 28 heavy (non-hydrogen) atoms. The standard InChI is InChI=1S/C20H21BrN4O2S/c1-27-17-14-25(15-5-3-2-4-6-15)22-19(17)20(26)24-11-9-23(10-12-24)13-16-7-8-18(21)28-16/h2-8,14H,9-13H2,1H3. The van der Waals surface area contributed by atoms with Crippen LogP contribution in [0.1, 0.15) is 15.4 Å². The molecule has 146 valence electrons. The maximum Gasteiger partial charge on any atom is 0.278 e. The summed E-state index contributed by atoms with van der Waals surface area (Å²) in [6.45, 7) is 4.00. The zero-order valence-electron chi connectivity index (χ0n) is 15.5. The van der Waals surface area contributed by atoms with Crippen LogP contribution in [0.3, 0.4) is 0 Å². The van der Waals surface area contributed by atoms with E-state index in [9.17, 15) is 4.79 Å². The minimum Gasteiger partial charge on any atom is -0.493 e. The first-order valence-corrected chi connectivity index (χ1v) is 10.7. The zero-order chi connectivity index (χ0) is 19.5. The molecule has 1 aliphatic heterocycles. The van der Waals surface area contributed by atoms with Crippen molar-refractivity contribution < 1.29 is 9.53 Å². The van der Waals surface area contributed by atoms with E-state index in [0.29, 0.717) is 24.5 Å². The molecule has 4 rings (SSSR count). The summed E-state index contributed by atoms with van der Waals surface area (Å²) in [4.78, 5) is 18.6. The summed E-state index contributed by atoms with van der Waals surface area (Å²) in [7, 11) is 1.57. The molecule has 0 saturated carbocycles. The molecule has 2 aromatic heterocycles. The Labute approximate surface area is 176 Å². The molecule has 1 aliphatic rings. The predicted molar refractivity (Wildman–Crippen MR) is 113 cm³/mol. The number of carbonyl (C=O) groups is 1. The van der Waals surface area contributed by atoms with Crippen LogP contribution in [0.25, 0.3) is 5.69 Å². The molecule has 0 bridgehead atoms. The van der Waals surface area contributed by atoms with Gasteiger partial charge in [-0.25, -0.2) is 4.68 Å². The van der Waals surface area contributed by atoms with Gasteiger partial charge in [-0.05, 0) is 40.2 Å². The van der Waals surface area contributed by atoms with Crippen LogP contribution in [0.4, 0.5) is 0 Å². The van der Waals surface area contributed by atoms with Gasteiger partial charge in [0.25, 0.3) is 5.91 Å². The molecule has 6 nitrogen and oxygen atoms in total. The number of piperazine rings is 1. The van der Waals surface area contributed by atoms with E-state index in [4.69, 9.17) is 4.74 Å². The highest BCUT2D eigenvalue weighted by atomic mass is 79.9. The third-order valence-electron chi connectivity index (χ3n) is 4.79. The number of thiophene rings is 1. The molecule has 0 aliphatic carbocycles. The predicted octanol–water partition coefficient (Wildman–Crippen LogP) is 3.66. The zero-order valence-corrected chi connectivity index (χ0v) is 17.9. The Kier molecular flexibility index (Phi) is 5.79. The van der Waals surface area contributed by atoms with E-state index < -0.39 is 0 Å². The maximum atomic E-state index is 13.0. The number of hydrogen-bond acceptors (Lipinski definition) is 5. The molecular weight excluding hydrogens is 440 g/mol. The SMILES string of the molecule is COc1cn(-c2ccccc2)nc1C(=O)N1CCN(Cc2ccc(Br)s2)CC1. The number of aromatic nitrogens is 2. The number of benzene rings is 1. The van der Waals surface area contributed by atoms with Crippen molar-refractivity contribution in [2.75, 3.05) is 33.3 Å². The van der Waals surface area contributed by atoms with Crippen molar-refractivity contribution in [2.24, 2.45) is 0 Å². The highest BCUT2D eigenvalue weighted by Crippen LogP contribution is 2.25. The number of halogens is 1. The summed E-state index contributed by atoms with van der Waals surface area (Å²) in [5, 5.41) is 4.50. The maximum absolute atomic E-state index is 13.0. The normalized spacial score (nSPS) is 15.0. The Morgan fingerprint density at radius 3 is 2.54 bits per heavy atom. The second-order valence-electron chi connectivity index (χ2n) is 6.60. The number of amides is 1. The number of carbonyl (C=O) groups excluding carboxylic acids is 1. The van der Waals surface area contributed by atoms with Crippen LogP contribution >= 0.6 is 27.3 Å². The summed E-state index contributed by atoms with van der Waals surface area (Å²) < 4.78 is 8.26. The van der Waals surface area contributed by atoms with E-state index in [1.54, 1.807) is 29.3 Å². The van der Waals surface area contributed by atoms with Crippen molar-refractivity contribution in [3.8, 4) is 11.4 Å². The molecule has 1 fully saturated rings. The first kappa shape index (κ1) is 19.2. The molecule has 3 heterocycles. The minimum absolute atomic E-state index is 0.0787. The van der Waals surface area contributed by atoms with Gasteiger partial charge in [-0.1, -0.05) is 18.2 Å². The van der Waals surface area contributed by atoms with Crippen LogP contribution in [0.2, 0.25) is 0 Å². The van der Waals surface area contributed by atoms with Gasteiger partial charge in [-0.3, -0.25) is 9.69 Å². The molecule has 0 radical (unpaired) electrons. The van der Waals surface area contributed by atoms with Crippen LogP contribution in [-0.2, 0) is 6.54 Å². The van der Waals surface area contributed by atoms with Crippen LogP contribution in [-0.4, -0.2) is 58.8 Å². The minimum atomic E-state index is -0.0787. The second kappa shape index (κ2) is 8.46. The van der Waals surface area contributed by atoms with E-state index in [2.05, 4.69) is 38.1 Å². The fraction of sp³-hybridized carbons (Fsp3) is 0.300. The summed E-state index contributed by atoms with van der Waals surface area (Å²) in [6, 6.07) is 13.9. The number of nitrogens with zero attached hydrogens (tertiary/aromatic N) is 4. The molecule has 1 aromatic carbocycles. The molecule has 1 saturated heterocycles. The lowest BCUT2D eigenvalue weighted by molar-refractivity contribution is 0.0620. The lowest BCUT2D eigenvalue weighted by Gasteiger charge is -2.34. The topological polar surface area (TPSA) is 50.6 Å². The van der Waals surface area contributed by atoms with Crippen molar-refractivity contribution >= 4 is 33.2 Å². The van der Waals surface area contributed by atoms with E-state index in [1.807, 2.05) is 35.2 Å². The van der Waals surface area contributed by atoms with Gasteiger partial charge in [0, 0.05) is 37.6 Å². The third-order valence-corrected chi connectivity index (χ3v) is 6.40. The van der Waals surface area contributed by atoms with E-state index in [1.165, 1.54) is 4.88 Å². The van der Waals surface area contributed by atoms with Crippen molar-refractivity contribution in [2.45, 2.75) is 6.54 Å². The Bertz CT molecular complexity index is 948. The summed E-state index contributed by atoms with van der Waals surface area (Å²) in [5.74, 6) is 0.421. The van der Waals surface area contributed by atoms with Gasteiger partial charge in [0.2, 0.25) is 0 Å². The highest BCUT2D eigenvalue weighted by Gasteiger charge is 2.27. The molecule has 0 atom stereocenters. The highest BCUT2D eigenvalue weighted by molar-refractivity contribution is 9.11. The van der Waals surface area contributed by atoms with Crippen molar-refractivity contribution in [3.05, 3.63) is 63.0 Å². The van der Waals surface area contributed by atoms with Gasteiger partial charge in [0.05, 0.1) is 22.8 Å². The Morgan fingerprint density at radius 1 is 1.14 bits per heavy atom. The molecular formula is C20H21BrN4O2S. The van der Waals surface area contributed by atoms with Crippen LogP contribution in [0.15, 0.2) is 52.4 Å². The number of methoxy groups -OCH3 is 1. The lowest BCUT2D eigenvalue weighted by Crippen LogP contribution is -2.48. The van der Waals surface area contributed by atoms with Gasteiger partial charge >= 0.3 is 0 Å². The van der Waals surface area contributed by atoms with Gasteiger partial charge in [0.1, 0.15) is 0 Å². The molecule has 8 heteroatoms. The Hall–Kier alpha value is -2.16. The summed E-state index contributed by atoms with van der Waals surface area (Å²) in [6.07, 6.45) is 1.76. The fourth-order valence-corrected chi connectivity index (χ4v) is 4.81. The average molecular weight is 461 g/mol. The molecule has 1 amide bonds. The molecule has 0 spiro atoms. The van der Waals surface area contributed by atoms with E-state index in [-0.39, 0.29) is 5.91 Å². The smallest absolute Gasteiger partial charge is 0.278 e. The van der Waals surface area contributed by atoms with Crippen LogP contribution < -0.4 is 4.74 Å². The van der Waals surface area contributed by atoms with Gasteiger partial charge in [-0.2, -0.15) is 5.10 Å². The van der Waals surface area contributed by atoms with Crippen molar-refractivity contribution in [3.63, 3.8) is 0 Å². The lowest BCUT2D eigenvalue weighted by atomic mass is 10.2. The molecule has 0 unspecified atom stereocenters.